The number of benzene rings is 1. The molecule has 84 valence electrons. The molecule has 2 rings (SSSR count). The summed E-state index contributed by atoms with van der Waals surface area (Å²) in [7, 11) is 0. The lowest BCUT2D eigenvalue weighted by atomic mass is 10.1. The number of carbonyl (C=O) groups excluding carboxylic acids is 1. The molecular formula is C13H9FN2O. The Labute approximate surface area is 97.7 Å². The molecule has 3 nitrogen and oxygen atoms in total. The fourth-order valence-electron chi connectivity index (χ4n) is 1.38. The molecule has 0 amide bonds. The van der Waals surface area contributed by atoms with Crippen molar-refractivity contribution in [3.63, 3.8) is 0 Å². The van der Waals surface area contributed by atoms with Crippen LogP contribution in [0.25, 0.3) is 17.2 Å². The summed E-state index contributed by atoms with van der Waals surface area (Å²) < 4.78 is 13.3. The first kappa shape index (κ1) is 11.1. The molecule has 0 saturated heterocycles. The number of nitrogens with zero attached hydrogens (tertiary/aromatic N) is 2. The standard InChI is InChI=1S/C13H9FN2O/c14-12(6-9-17)10-2-4-11(5-3-10)13-15-7-1-8-16-13/h1-9H/b12-6+. The lowest BCUT2D eigenvalue weighted by Crippen LogP contribution is -1.87. The SMILES string of the molecule is O=C/C=C(/F)c1ccc(-c2ncccn2)cc1. The van der Waals surface area contributed by atoms with Gasteiger partial charge in [0.1, 0.15) is 12.1 Å². The number of hydrogen-bond donors (Lipinski definition) is 0. The van der Waals surface area contributed by atoms with Crippen LogP contribution in [0.4, 0.5) is 4.39 Å². The molecule has 0 saturated carbocycles. The van der Waals surface area contributed by atoms with Gasteiger partial charge in [0.2, 0.25) is 0 Å². The molecule has 4 heteroatoms. The van der Waals surface area contributed by atoms with Crippen LogP contribution in [0, 0.1) is 0 Å². The molecule has 1 aromatic carbocycles. The highest BCUT2D eigenvalue weighted by Gasteiger charge is 2.02. The van der Waals surface area contributed by atoms with Gasteiger partial charge in [0.15, 0.2) is 5.82 Å². The van der Waals surface area contributed by atoms with E-state index in [2.05, 4.69) is 9.97 Å². The smallest absolute Gasteiger partial charge is 0.159 e. The maximum atomic E-state index is 13.3. The van der Waals surface area contributed by atoms with Gasteiger partial charge in [-0.2, -0.15) is 0 Å². The molecule has 0 bridgehead atoms. The number of aromatic nitrogens is 2. The van der Waals surface area contributed by atoms with Gasteiger partial charge >= 0.3 is 0 Å². The van der Waals surface area contributed by atoms with Crippen molar-refractivity contribution in [2.24, 2.45) is 0 Å². The van der Waals surface area contributed by atoms with Crippen molar-refractivity contribution in [1.29, 1.82) is 0 Å². The molecule has 2 aromatic rings. The van der Waals surface area contributed by atoms with Crippen LogP contribution in [0.15, 0.2) is 48.8 Å². The summed E-state index contributed by atoms with van der Waals surface area (Å²) in [5, 5.41) is 0. The molecule has 1 heterocycles. The van der Waals surface area contributed by atoms with E-state index in [1.165, 1.54) is 0 Å². The topological polar surface area (TPSA) is 42.9 Å². The summed E-state index contributed by atoms with van der Waals surface area (Å²) in [4.78, 5) is 18.3. The average molecular weight is 228 g/mol. The predicted octanol–water partition coefficient (Wildman–Crippen LogP) is 2.65. The molecule has 1 aromatic heterocycles. The lowest BCUT2D eigenvalue weighted by molar-refractivity contribution is -0.104. The second-order valence-electron chi connectivity index (χ2n) is 3.30. The fourth-order valence-corrected chi connectivity index (χ4v) is 1.38. The first-order chi connectivity index (χ1) is 8.31. The Hall–Kier alpha value is -2.36. The van der Waals surface area contributed by atoms with E-state index >= 15 is 0 Å². The minimum absolute atomic E-state index is 0.358. The van der Waals surface area contributed by atoms with Gasteiger partial charge in [-0.05, 0) is 6.07 Å². The summed E-state index contributed by atoms with van der Waals surface area (Å²) in [5.41, 5.74) is 1.16. The second-order valence-corrected chi connectivity index (χ2v) is 3.30. The van der Waals surface area contributed by atoms with Crippen molar-refractivity contribution in [3.8, 4) is 11.4 Å². The first-order valence-electron chi connectivity index (χ1n) is 5.00. The summed E-state index contributed by atoms with van der Waals surface area (Å²) in [6, 6.07) is 8.32. The third kappa shape index (κ3) is 2.60. The molecule has 17 heavy (non-hydrogen) atoms. The predicted molar refractivity (Wildman–Crippen MR) is 62.6 cm³/mol. The van der Waals surface area contributed by atoms with Crippen LogP contribution < -0.4 is 0 Å². The monoisotopic (exact) mass is 228 g/mol. The molecule has 0 aliphatic heterocycles. The fraction of sp³-hybridized carbons (Fsp3) is 0. The summed E-state index contributed by atoms with van der Waals surface area (Å²) >= 11 is 0. The van der Waals surface area contributed by atoms with E-state index in [4.69, 9.17) is 0 Å². The normalized spacial score (nSPS) is 11.2. The molecule has 0 fully saturated rings. The van der Waals surface area contributed by atoms with E-state index in [1.54, 1.807) is 42.7 Å². The molecule has 0 unspecified atom stereocenters. The Balaban J connectivity index is 2.31. The van der Waals surface area contributed by atoms with Gasteiger partial charge in [0, 0.05) is 29.6 Å². The van der Waals surface area contributed by atoms with Crippen molar-refractivity contribution in [2.45, 2.75) is 0 Å². The Morgan fingerprint density at radius 1 is 1.12 bits per heavy atom. The van der Waals surface area contributed by atoms with Crippen LogP contribution in [-0.2, 0) is 4.79 Å². The van der Waals surface area contributed by atoms with E-state index < -0.39 is 5.83 Å². The number of carbonyl (C=O) groups is 1. The van der Waals surface area contributed by atoms with E-state index in [1.807, 2.05) is 0 Å². The zero-order valence-electron chi connectivity index (χ0n) is 8.88. The number of aldehydes is 1. The molecule has 0 aliphatic carbocycles. The van der Waals surface area contributed by atoms with Gasteiger partial charge < -0.3 is 0 Å². The van der Waals surface area contributed by atoms with E-state index in [0.717, 1.165) is 11.6 Å². The van der Waals surface area contributed by atoms with Crippen molar-refractivity contribution in [1.82, 2.24) is 9.97 Å². The van der Waals surface area contributed by atoms with Crippen molar-refractivity contribution < 1.29 is 9.18 Å². The summed E-state index contributed by atoms with van der Waals surface area (Å²) in [6.45, 7) is 0. The van der Waals surface area contributed by atoms with Crippen LogP contribution in [0.3, 0.4) is 0 Å². The van der Waals surface area contributed by atoms with Crippen LogP contribution in [0.5, 0.6) is 0 Å². The van der Waals surface area contributed by atoms with Crippen molar-refractivity contribution in [3.05, 3.63) is 54.4 Å². The summed E-state index contributed by atoms with van der Waals surface area (Å²) in [5.74, 6) is 0.0272. The van der Waals surface area contributed by atoms with Gasteiger partial charge in [-0.1, -0.05) is 24.3 Å². The molecule has 0 aliphatic rings. The Morgan fingerprint density at radius 2 is 1.76 bits per heavy atom. The average Bonchev–Trinajstić information content (AvgIpc) is 2.40. The largest absolute Gasteiger partial charge is 0.298 e. The van der Waals surface area contributed by atoms with E-state index in [0.29, 0.717) is 17.7 Å². The third-order valence-corrected chi connectivity index (χ3v) is 2.20. The lowest BCUT2D eigenvalue weighted by Gasteiger charge is -2.00. The second kappa shape index (κ2) is 5.12. The maximum Gasteiger partial charge on any atom is 0.159 e. The minimum atomic E-state index is -0.555. The minimum Gasteiger partial charge on any atom is -0.298 e. The molecule has 0 radical (unpaired) electrons. The Kier molecular flexibility index (Phi) is 3.35. The van der Waals surface area contributed by atoms with Crippen molar-refractivity contribution in [2.75, 3.05) is 0 Å². The van der Waals surface area contributed by atoms with Crippen LogP contribution in [-0.4, -0.2) is 16.3 Å². The highest BCUT2D eigenvalue weighted by Crippen LogP contribution is 2.19. The van der Waals surface area contributed by atoms with Gasteiger partial charge in [0.05, 0.1) is 0 Å². The van der Waals surface area contributed by atoms with Crippen LogP contribution >= 0.6 is 0 Å². The molecule has 0 N–H and O–H groups in total. The van der Waals surface area contributed by atoms with Crippen LogP contribution in [0.1, 0.15) is 5.56 Å². The summed E-state index contributed by atoms with van der Waals surface area (Å²) in [6.07, 6.45) is 4.59. The van der Waals surface area contributed by atoms with Crippen molar-refractivity contribution >= 4 is 12.1 Å². The highest BCUT2D eigenvalue weighted by atomic mass is 19.1. The van der Waals surface area contributed by atoms with Gasteiger partial charge in [0.25, 0.3) is 0 Å². The quantitative estimate of drug-likeness (QED) is 0.599. The number of halogens is 1. The highest BCUT2D eigenvalue weighted by molar-refractivity contribution is 5.78. The van der Waals surface area contributed by atoms with Crippen LogP contribution in [0.2, 0.25) is 0 Å². The number of rotatable bonds is 3. The Bertz CT molecular complexity index is 535. The molecule has 0 atom stereocenters. The van der Waals surface area contributed by atoms with Gasteiger partial charge in [-0.25, -0.2) is 14.4 Å². The van der Waals surface area contributed by atoms with E-state index in [9.17, 15) is 9.18 Å². The zero-order chi connectivity index (χ0) is 12.1. The van der Waals surface area contributed by atoms with E-state index in [-0.39, 0.29) is 0 Å². The van der Waals surface area contributed by atoms with Gasteiger partial charge in [-0.3, -0.25) is 4.79 Å². The number of hydrogen-bond acceptors (Lipinski definition) is 3. The maximum absolute atomic E-state index is 13.3. The molecule has 0 spiro atoms. The molecular weight excluding hydrogens is 219 g/mol. The number of allylic oxidation sites excluding steroid dienone is 1. The zero-order valence-corrected chi connectivity index (χ0v) is 8.88. The van der Waals surface area contributed by atoms with Gasteiger partial charge in [-0.15, -0.1) is 0 Å². The Morgan fingerprint density at radius 3 is 2.35 bits per heavy atom. The third-order valence-electron chi connectivity index (χ3n) is 2.20. The first-order valence-corrected chi connectivity index (χ1v) is 5.00.